The molecule has 0 amide bonds. The molecule has 0 bridgehead atoms. The molecule has 1 saturated carbocycles. The number of nitrogens with two attached hydrogens (primary N) is 1. The minimum atomic E-state index is -0.773. The summed E-state index contributed by atoms with van der Waals surface area (Å²) in [6.07, 6.45) is 6.65. The van der Waals surface area contributed by atoms with Gasteiger partial charge in [-0.15, -0.1) is 0 Å². The van der Waals surface area contributed by atoms with Gasteiger partial charge in [-0.1, -0.05) is 6.92 Å². The normalized spacial score (nSPS) is 21.6. The minimum absolute atomic E-state index is 0.0820. The molecule has 1 aromatic carbocycles. The summed E-state index contributed by atoms with van der Waals surface area (Å²) in [6, 6.07) is 7.29. The van der Waals surface area contributed by atoms with Crippen molar-refractivity contribution < 1.29 is 23.4 Å². The summed E-state index contributed by atoms with van der Waals surface area (Å²) in [6.45, 7) is 2.50. The van der Waals surface area contributed by atoms with Crippen molar-refractivity contribution in [1.29, 1.82) is 0 Å². The van der Waals surface area contributed by atoms with Crippen molar-refractivity contribution in [2.45, 2.75) is 44.2 Å². The van der Waals surface area contributed by atoms with E-state index in [0.717, 1.165) is 29.7 Å². The number of hydrogen-bond donors (Lipinski definition) is 2. The third kappa shape index (κ3) is 5.24. The number of hydrogen-bond acceptors (Lipinski definition) is 7. The molecule has 1 aliphatic carbocycles. The molecule has 4 aromatic rings. The second-order valence-electron chi connectivity index (χ2n) is 9.88. The van der Waals surface area contributed by atoms with E-state index in [4.69, 9.17) is 15.2 Å². The van der Waals surface area contributed by atoms with Crippen molar-refractivity contribution in [3.05, 3.63) is 77.5 Å². The van der Waals surface area contributed by atoms with Crippen molar-refractivity contribution in [3.63, 3.8) is 0 Å². The quantitative estimate of drug-likeness (QED) is 0.338. The molecule has 8 nitrogen and oxygen atoms in total. The highest BCUT2D eigenvalue weighted by atomic mass is 19.1. The number of aliphatic hydroxyl groups is 1. The van der Waals surface area contributed by atoms with Gasteiger partial charge >= 0.3 is 0 Å². The second-order valence-corrected chi connectivity index (χ2v) is 9.88. The molecule has 0 aliphatic heterocycles. The van der Waals surface area contributed by atoms with Crippen LogP contribution in [-0.4, -0.2) is 57.2 Å². The van der Waals surface area contributed by atoms with E-state index < -0.39 is 17.7 Å². The van der Waals surface area contributed by atoms with Crippen molar-refractivity contribution in [2.75, 3.05) is 20.3 Å². The third-order valence-electron chi connectivity index (χ3n) is 7.25. The molecule has 0 saturated heterocycles. The Bertz CT molecular complexity index is 1390. The number of methoxy groups -OCH3 is 1. The van der Waals surface area contributed by atoms with Crippen LogP contribution in [0.4, 0.5) is 8.78 Å². The molecule has 0 spiro atoms. The summed E-state index contributed by atoms with van der Waals surface area (Å²) in [5.41, 5.74) is 8.92. The number of pyridine rings is 1. The molecule has 3 heterocycles. The van der Waals surface area contributed by atoms with Gasteiger partial charge in [0.05, 0.1) is 35.7 Å². The predicted molar refractivity (Wildman–Crippen MR) is 138 cm³/mol. The fraction of sp³-hybridized carbons (Fsp3) is 0.393. The standard InChI is InChI=1S/C28H31F2N5O3/c1-16-9-17(10-24(31)28(16)36)21-5-6-32-14-18(21)11-26-33-15-19-3-4-25(34-35(19)26)27-22(29)12-20(13-23(27)30)38-8-7-37-2/h3-6,12-17,24,28,36H,7-11,31H2,1-2H3/t16-,17+,24+,28-/m0/s1. The van der Waals surface area contributed by atoms with E-state index in [1.807, 2.05) is 19.2 Å². The first-order chi connectivity index (χ1) is 18.4. The molecule has 0 unspecified atom stereocenters. The number of ether oxygens (including phenoxy) is 2. The van der Waals surface area contributed by atoms with E-state index in [-0.39, 0.29) is 41.5 Å². The van der Waals surface area contributed by atoms with E-state index in [0.29, 0.717) is 30.8 Å². The van der Waals surface area contributed by atoms with Crippen LogP contribution >= 0.6 is 0 Å². The van der Waals surface area contributed by atoms with Gasteiger partial charge in [0.15, 0.2) is 0 Å². The predicted octanol–water partition coefficient (Wildman–Crippen LogP) is 3.89. The highest BCUT2D eigenvalue weighted by Crippen LogP contribution is 2.37. The van der Waals surface area contributed by atoms with E-state index in [1.54, 1.807) is 29.0 Å². The lowest BCUT2D eigenvalue weighted by molar-refractivity contribution is 0.0519. The molecular formula is C28H31F2N5O3. The average molecular weight is 524 g/mol. The molecule has 4 atom stereocenters. The molecule has 5 rings (SSSR count). The van der Waals surface area contributed by atoms with Gasteiger partial charge in [-0.25, -0.2) is 18.3 Å². The van der Waals surface area contributed by atoms with Gasteiger partial charge in [0.2, 0.25) is 0 Å². The fourth-order valence-electron chi connectivity index (χ4n) is 5.29. The number of rotatable bonds is 8. The zero-order chi connectivity index (χ0) is 26.8. The van der Waals surface area contributed by atoms with E-state index in [1.165, 1.54) is 7.11 Å². The summed E-state index contributed by atoms with van der Waals surface area (Å²) in [5, 5.41) is 14.8. The van der Waals surface area contributed by atoms with Crippen LogP contribution < -0.4 is 10.5 Å². The van der Waals surface area contributed by atoms with Gasteiger partial charge in [-0.05, 0) is 54.0 Å². The highest BCUT2D eigenvalue weighted by Gasteiger charge is 2.33. The van der Waals surface area contributed by atoms with Crippen LogP contribution in [0.5, 0.6) is 5.75 Å². The number of aromatic nitrogens is 4. The molecule has 1 aliphatic rings. The Hall–Kier alpha value is -3.47. The summed E-state index contributed by atoms with van der Waals surface area (Å²) < 4.78 is 41.8. The van der Waals surface area contributed by atoms with Crippen molar-refractivity contribution in [2.24, 2.45) is 11.7 Å². The third-order valence-corrected chi connectivity index (χ3v) is 7.25. The maximum absolute atomic E-state index is 15.0. The molecule has 3 aromatic heterocycles. The second kappa shape index (κ2) is 11.1. The Morgan fingerprint density at radius 2 is 1.89 bits per heavy atom. The maximum atomic E-state index is 15.0. The van der Waals surface area contributed by atoms with Crippen molar-refractivity contribution >= 4 is 5.52 Å². The van der Waals surface area contributed by atoms with Crippen molar-refractivity contribution in [3.8, 4) is 17.0 Å². The van der Waals surface area contributed by atoms with Gasteiger partial charge in [0.25, 0.3) is 0 Å². The van der Waals surface area contributed by atoms with Crippen LogP contribution in [0.1, 0.15) is 42.6 Å². The zero-order valence-corrected chi connectivity index (χ0v) is 21.3. The largest absolute Gasteiger partial charge is 0.491 e. The average Bonchev–Trinajstić information content (AvgIpc) is 3.29. The summed E-state index contributed by atoms with van der Waals surface area (Å²) in [7, 11) is 1.52. The number of benzene rings is 1. The van der Waals surface area contributed by atoms with Crippen LogP contribution in [0.2, 0.25) is 0 Å². The maximum Gasteiger partial charge on any atom is 0.139 e. The minimum Gasteiger partial charge on any atom is -0.491 e. The molecular weight excluding hydrogens is 492 g/mol. The zero-order valence-electron chi connectivity index (χ0n) is 21.3. The number of imidazole rings is 1. The van der Waals surface area contributed by atoms with Crippen LogP contribution in [0, 0.1) is 17.6 Å². The first-order valence-corrected chi connectivity index (χ1v) is 12.7. The van der Waals surface area contributed by atoms with Gasteiger partial charge in [-0.2, -0.15) is 5.10 Å². The smallest absolute Gasteiger partial charge is 0.139 e. The summed E-state index contributed by atoms with van der Waals surface area (Å²) >= 11 is 0. The van der Waals surface area contributed by atoms with Crippen LogP contribution in [0.3, 0.4) is 0 Å². The molecule has 10 heteroatoms. The summed E-state index contributed by atoms with van der Waals surface area (Å²) in [5.74, 6) is -0.578. The molecule has 3 N–H and O–H groups in total. The number of fused-ring (bicyclic) bond motifs is 1. The lowest BCUT2D eigenvalue weighted by Crippen LogP contribution is -2.44. The first kappa shape index (κ1) is 26.1. The Balaban J connectivity index is 1.45. The van der Waals surface area contributed by atoms with Crippen LogP contribution in [0.15, 0.2) is 48.9 Å². The monoisotopic (exact) mass is 523 g/mol. The van der Waals surface area contributed by atoms with Gasteiger partial charge in [0.1, 0.15) is 29.8 Å². The lowest BCUT2D eigenvalue weighted by Gasteiger charge is -2.36. The number of aliphatic hydroxyl groups excluding tert-OH is 1. The fourth-order valence-corrected chi connectivity index (χ4v) is 5.29. The van der Waals surface area contributed by atoms with Gasteiger partial charge in [0, 0.05) is 44.1 Å². The lowest BCUT2D eigenvalue weighted by atomic mass is 9.74. The van der Waals surface area contributed by atoms with Crippen molar-refractivity contribution in [1.82, 2.24) is 19.6 Å². The van der Waals surface area contributed by atoms with E-state index in [9.17, 15) is 13.9 Å². The Morgan fingerprint density at radius 1 is 1.11 bits per heavy atom. The van der Waals surface area contributed by atoms with Crippen LogP contribution in [0.25, 0.3) is 16.8 Å². The SMILES string of the molecule is COCCOc1cc(F)c(-c2ccc3cnc(Cc4cnccc4[C@H]4C[C@@H](N)[C@@H](O)[C@@H](C)C4)n3n2)c(F)c1. The van der Waals surface area contributed by atoms with Crippen LogP contribution in [-0.2, 0) is 11.2 Å². The topological polar surface area (TPSA) is 108 Å². The Kier molecular flexibility index (Phi) is 7.64. The first-order valence-electron chi connectivity index (χ1n) is 12.7. The van der Waals surface area contributed by atoms with Gasteiger partial charge < -0.3 is 20.3 Å². The number of halogens is 2. The molecule has 200 valence electrons. The Labute approximate surface area is 219 Å². The summed E-state index contributed by atoms with van der Waals surface area (Å²) in [4.78, 5) is 8.86. The Morgan fingerprint density at radius 3 is 2.63 bits per heavy atom. The highest BCUT2D eigenvalue weighted by molar-refractivity contribution is 5.63. The van der Waals surface area contributed by atoms with E-state index >= 15 is 0 Å². The van der Waals surface area contributed by atoms with E-state index in [2.05, 4.69) is 15.1 Å². The number of nitrogens with zero attached hydrogens (tertiary/aromatic N) is 4. The molecule has 38 heavy (non-hydrogen) atoms. The molecule has 0 radical (unpaired) electrons. The van der Waals surface area contributed by atoms with Gasteiger partial charge in [-0.3, -0.25) is 4.98 Å². The molecule has 1 fully saturated rings.